The maximum atomic E-state index is 12.5. The molecule has 6 heteroatoms. The zero-order valence-corrected chi connectivity index (χ0v) is 13.6. The Balaban J connectivity index is 1.47. The molecule has 1 amide bonds. The number of hydrogen-bond donors (Lipinski definition) is 2. The van der Waals surface area contributed by atoms with Gasteiger partial charge in [-0.2, -0.15) is 0 Å². The monoisotopic (exact) mass is 338 g/mol. The first-order valence-corrected chi connectivity index (χ1v) is 8.19. The molecule has 1 aliphatic carbocycles. The molecule has 2 aliphatic heterocycles. The number of hydrogen-bond acceptors (Lipinski definition) is 4. The third-order valence-corrected chi connectivity index (χ3v) is 5.17. The van der Waals surface area contributed by atoms with Crippen LogP contribution in [0.15, 0.2) is 48.8 Å². The van der Waals surface area contributed by atoms with Gasteiger partial charge in [-0.25, -0.2) is 0 Å². The number of carboxylic acid groups (broad SMARTS) is 1. The van der Waals surface area contributed by atoms with Crippen LogP contribution in [0.2, 0.25) is 0 Å². The molecule has 1 aromatic carbocycles. The molecule has 2 N–H and O–H groups in total. The summed E-state index contributed by atoms with van der Waals surface area (Å²) >= 11 is 0. The Hall–Kier alpha value is -2.73. The lowest BCUT2D eigenvalue weighted by Gasteiger charge is -2.40. The SMILES string of the molecule is O=C(O)C12COC(C(=O)NCc3ccccc3-c3cccnc3)(C1)C2. The number of aliphatic carboxylic acids is 1. The number of aromatic nitrogens is 1. The lowest BCUT2D eigenvalue weighted by atomic mass is 9.62. The van der Waals surface area contributed by atoms with E-state index in [0.717, 1.165) is 16.7 Å². The normalized spacial score (nSPS) is 26.7. The standard InChI is InChI=1S/C19H18N2O4/c22-16(19-10-18(11-19,12-25-19)17(23)24)21-9-14-4-1-2-6-15(14)13-5-3-7-20-8-13/h1-8H,9-12H2,(H,21,22)(H,23,24). The molecule has 0 spiro atoms. The van der Waals surface area contributed by atoms with Gasteiger partial charge in [0.05, 0.1) is 12.0 Å². The van der Waals surface area contributed by atoms with E-state index < -0.39 is 17.0 Å². The number of carbonyl (C=O) groups excluding carboxylic acids is 1. The van der Waals surface area contributed by atoms with Crippen molar-refractivity contribution in [2.75, 3.05) is 6.61 Å². The average Bonchev–Trinajstić information content (AvgIpc) is 3.19. The number of amides is 1. The van der Waals surface area contributed by atoms with Gasteiger partial charge in [-0.1, -0.05) is 30.3 Å². The molecule has 5 rings (SSSR count). The summed E-state index contributed by atoms with van der Waals surface area (Å²) in [5.74, 6) is -1.11. The van der Waals surface area contributed by atoms with Gasteiger partial charge in [0.2, 0.25) is 0 Å². The van der Waals surface area contributed by atoms with Crippen LogP contribution in [0.1, 0.15) is 18.4 Å². The van der Waals surface area contributed by atoms with Crippen LogP contribution < -0.4 is 5.32 Å². The van der Waals surface area contributed by atoms with E-state index in [4.69, 9.17) is 4.74 Å². The van der Waals surface area contributed by atoms with E-state index in [2.05, 4.69) is 10.3 Å². The molecule has 0 radical (unpaired) electrons. The quantitative estimate of drug-likeness (QED) is 0.870. The third kappa shape index (κ3) is 2.49. The summed E-state index contributed by atoms with van der Waals surface area (Å²) in [4.78, 5) is 28.0. The molecule has 0 unspecified atom stereocenters. The second-order valence-electron chi connectivity index (χ2n) is 6.80. The van der Waals surface area contributed by atoms with Gasteiger partial charge in [0.1, 0.15) is 5.60 Å². The summed E-state index contributed by atoms with van der Waals surface area (Å²) < 4.78 is 5.54. The predicted molar refractivity (Wildman–Crippen MR) is 89.5 cm³/mol. The first-order valence-electron chi connectivity index (χ1n) is 8.19. The number of ether oxygens (including phenoxy) is 1. The summed E-state index contributed by atoms with van der Waals surface area (Å²) in [5.41, 5.74) is 1.12. The van der Waals surface area contributed by atoms with Crippen molar-refractivity contribution in [2.24, 2.45) is 5.41 Å². The summed E-state index contributed by atoms with van der Waals surface area (Å²) in [6, 6.07) is 11.7. The molecule has 3 fully saturated rings. The average molecular weight is 338 g/mol. The third-order valence-electron chi connectivity index (χ3n) is 5.17. The fraction of sp³-hybridized carbons (Fsp3) is 0.316. The van der Waals surface area contributed by atoms with Crippen molar-refractivity contribution < 1.29 is 19.4 Å². The van der Waals surface area contributed by atoms with Crippen molar-refractivity contribution in [3.63, 3.8) is 0 Å². The molecule has 2 aromatic rings. The van der Waals surface area contributed by atoms with Crippen LogP contribution in [0.25, 0.3) is 11.1 Å². The van der Waals surface area contributed by atoms with Gasteiger partial charge in [0.15, 0.2) is 0 Å². The highest BCUT2D eigenvalue weighted by molar-refractivity contribution is 5.92. The molecule has 2 saturated heterocycles. The molecule has 0 atom stereocenters. The highest BCUT2D eigenvalue weighted by Gasteiger charge is 2.70. The van der Waals surface area contributed by atoms with Gasteiger partial charge in [-0.3, -0.25) is 14.6 Å². The van der Waals surface area contributed by atoms with Gasteiger partial charge in [-0.05, 0) is 17.2 Å². The van der Waals surface area contributed by atoms with E-state index in [1.807, 2.05) is 36.4 Å². The van der Waals surface area contributed by atoms with Gasteiger partial charge in [0.25, 0.3) is 5.91 Å². The lowest BCUT2D eigenvalue weighted by Crippen LogP contribution is -2.57. The number of benzene rings is 1. The van der Waals surface area contributed by atoms with E-state index >= 15 is 0 Å². The van der Waals surface area contributed by atoms with Crippen LogP contribution in [0.4, 0.5) is 0 Å². The Labute approximate surface area is 144 Å². The van der Waals surface area contributed by atoms with Crippen molar-refractivity contribution in [1.29, 1.82) is 0 Å². The minimum atomic E-state index is -0.971. The molecule has 3 aliphatic rings. The Bertz CT molecular complexity index is 828. The minimum absolute atomic E-state index is 0.113. The second kappa shape index (κ2) is 5.67. The van der Waals surface area contributed by atoms with Crippen LogP contribution in [-0.2, 0) is 20.9 Å². The Kier molecular flexibility index (Phi) is 3.58. The lowest BCUT2D eigenvalue weighted by molar-refractivity contribution is -0.158. The van der Waals surface area contributed by atoms with Crippen LogP contribution in [0.5, 0.6) is 0 Å². The molecule has 1 saturated carbocycles. The van der Waals surface area contributed by atoms with Crippen molar-refractivity contribution in [2.45, 2.75) is 25.0 Å². The Morgan fingerprint density at radius 2 is 2.00 bits per heavy atom. The first-order chi connectivity index (χ1) is 12.0. The molecular weight excluding hydrogens is 320 g/mol. The largest absolute Gasteiger partial charge is 0.481 e. The molecule has 25 heavy (non-hydrogen) atoms. The van der Waals surface area contributed by atoms with Gasteiger partial charge >= 0.3 is 5.97 Å². The molecular formula is C19H18N2O4. The summed E-state index contributed by atoms with van der Waals surface area (Å²) in [6.45, 7) is 0.469. The van der Waals surface area contributed by atoms with Crippen molar-refractivity contribution in [3.8, 4) is 11.1 Å². The summed E-state index contributed by atoms with van der Waals surface area (Å²) in [6.07, 6.45) is 4.01. The van der Waals surface area contributed by atoms with E-state index in [1.54, 1.807) is 12.4 Å². The number of fused-ring (bicyclic) bond motifs is 1. The minimum Gasteiger partial charge on any atom is -0.481 e. The van der Waals surface area contributed by atoms with Crippen LogP contribution >= 0.6 is 0 Å². The van der Waals surface area contributed by atoms with Crippen LogP contribution in [-0.4, -0.2) is 34.2 Å². The zero-order valence-electron chi connectivity index (χ0n) is 13.6. The fourth-order valence-corrected chi connectivity index (χ4v) is 3.78. The summed E-state index contributed by atoms with van der Waals surface area (Å²) in [5, 5.41) is 12.2. The Morgan fingerprint density at radius 3 is 2.68 bits per heavy atom. The number of carbonyl (C=O) groups is 2. The molecule has 2 bridgehead atoms. The number of pyridine rings is 1. The van der Waals surface area contributed by atoms with Crippen LogP contribution in [0, 0.1) is 5.41 Å². The first kappa shape index (κ1) is 15.8. The maximum absolute atomic E-state index is 12.5. The van der Waals surface area contributed by atoms with E-state index in [9.17, 15) is 14.7 Å². The van der Waals surface area contributed by atoms with Crippen LogP contribution in [0.3, 0.4) is 0 Å². The van der Waals surface area contributed by atoms with E-state index in [-0.39, 0.29) is 25.4 Å². The molecule has 1 aromatic heterocycles. The highest BCUT2D eigenvalue weighted by Crippen LogP contribution is 2.58. The smallest absolute Gasteiger partial charge is 0.312 e. The molecule has 128 valence electrons. The second-order valence-corrected chi connectivity index (χ2v) is 6.80. The Morgan fingerprint density at radius 1 is 1.20 bits per heavy atom. The maximum Gasteiger partial charge on any atom is 0.312 e. The highest BCUT2D eigenvalue weighted by atomic mass is 16.5. The van der Waals surface area contributed by atoms with E-state index in [0.29, 0.717) is 6.54 Å². The molecule has 3 heterocycles. The zero-order chi connectivity index (χ0) is 17.5. The number of nitrogens with zero attached hydrogens (tertiary/aromatic N) is 1. The fourth-order valence-electron chi connectivity index (χ4n) is 3.78. The number of nitrogens with one attached hydrogen (secondary N) is 1. The van der Waals surface area contributed by atoms with Gasteiger partial charge in [0, 0.05) is 37.3 Å². The summed E-state index contributed by atoms with van der Waals surface area (Å²) in [7, 11) is 0. The van der Waals surface area contributed by atoms with Crippen molar-refractivity contribution in [1.82, 2.24) is 10.3 Å². The van der Waals surface area contributed by atoms with Gasteiger partial charge < -0.3 is 15.2 Å². The number of rotatable bonds is 5. The molecule has 6 nitrogen and oxygen atoms in total. The van der Waals surface area contributed by atoms with Gasteiger partial charge in [-0.15, -0.1) is 0 Å². The number of carboxylic acids is 1. The van der Waals surface area contributed by atoms with Crippen molar-refractivity contribution >= 4 is 11.9 Å². The predicted octanol–water partition coefficient (Wildman–Crippen LogP) is 2.00. The van der Waals surface area contributed by atoms with E-state index in [1.165, 1.54) is 0 Å². The topological polar surface area (TPSA) is 88.5 Å². The van der Waals surface area contributed by atoms with Crippen molar-refractivity contribution in [3.05, 3.63) is 54.4 Å².